The second kappa shape index (κ2) is 4.50. The lowest BCUT2D eigenvalue weighted by Gasteiger charge is -2.16. The van der Waals surface area contributed by atoms with Crippen LogP contribution in [0.5, 0.6) is 0 Å². The molecule has 1 radical (unpaired) electrons. The van der Waals surface area contributed by atoms with E-state index in [1.165, 1.54) is 0 Å². The van der Waals surface area contributed by atoms with Gasteiger partial charge in [-0.25, -0.2) is 5.11 Å². The number of hydrogen-bond acceptors (Lipinski definition) is 0. The van der Waals surface area contributed by atoms with Gasteiger partial charge in [-0.3, -0.25) is 0 Å². The van der Waals surface area contributed by atoms with E-state index in [9.17, 15) is 5.11 Å². The summed E-state index contributed by atoms with van der Waals surface area (Å²) in [4.78, 5) is 0. The maximum atomic E-state index is 11.2. The van der Waals surface area contributed by atoms with Crippen LogP contribution in [-0.4, -0.2) is 10.5 Å². The van der Waals surface area contributed by atoms with Crippen LogP contribution in [0.1, 0.15) is 20.8 Å². The van der Waals surface area contributed by atoms with Crippen molar-refractivity contribution in [2.45, 2.75) is 26.9 Å². The van der Waals surface area contributed by atoms with Gasteiger partial charge in [-0.05, 0) is 11.8 Å². The third-order valence-corrected chi connectivity index (χ3v) is 2.85. The fraction of sp³-hybridized carbons (Fsp3) is 1.00. The Morgan fingerprint density at radius 3 is 1.89 bits per heavy atom. The van der Waals surface area contributed by atoms with E-state index < -0.39 is 0 Å². The first kappa shape index (κ1) is 9.69. The minimum atomic E-state index is -0.373. The smallest absolute Gasteiger partial charge is 0.0985 e. The van der Waals surface area contributed by atoms with Crippen molar-refractivity contribution < 1.29 is 5.11 Å². The first-order chi connectivity index (χ1) is 4.09. The molecule has 0 bridgehead atoms. The molecule has 0 aromatic heterocycles. The summed E-state index contributed by atoms with van der Waals surface area (Å²) in [5.74, 6) is 0.611. The molecule has 0 saturated carbocycles. The molecule has 0 aromatic carbocycles. The molecule has 55 valence electrons. The van der Waals surface area contributed by atoms with Gasteiger partial charge in [0.15, 0.2) is 0 Å². The lowest BCUT2D eigenvalue weighted by Crippen LogP contribution is -2.22. The van der Waals surface area contributed by atoms with Gasteiger partial charge in [-0.1, -0.05) is 43.4 Å². The summed E-state index contributed by atoms with van der Waals surface area (Å²) in [7, 11) is 0. The molecule has 0 saturated heterocycles. The van der Waals surface area contributed by atoms with Crippen molar-refractivity contribution in [2.24, 2.45) is 11.8 Å². The molecule has 0 aliphatic carbocycles. The molecule has 0 aromatic rings. The molecule has 0 fully saturated rings. The number of hydrogen-bond donors (Lipinski definition) is 0. The average Bonchev–Trinajstić information content (AvgIpc) is 1.84. The quantitative estimate of drug-likeness (QED) is 0.534. The molecule has 9 heavy (non-hydrogen) atoms. The van der Waals surface area contributed by atoms with Crippen LogP contribution >= 0.6 is 22.6 Å². The van der Waals surface area contributed by atoms with Gasteiger partial charge < -0.3 is 0 Å². The fourth-order valence-corrected chi connectivity index (χ4v) is 1.25. The zero-order valence-corrected chi connectivity index (χ0v) is 8.38. The minimum Gasteiger partial charge on any atom is -0.233 e. The predicted octanol–water partition coefficient (Wildman–Crippen LogP) is 2.51. The number of alkyl halides is 1. The highest BCUT2D eigenvalue weighted by Gasteiger charge is 2.17. The molecule has 1 nitrogen and oxygen atoms in total. The van der Waals surface area contributed by atoms with Gasteiger partial charge in [0, 0.05) is 4.43 Å². The second-order valence-corrected chi connectivity index (χ2v) is 3.72. The molecule has 0 aliphatic rings. The minimum absolute atomic E-state index is 0.287. The Kier molecular flexibility index (Phi) is 4.84. The molecule has 0 spiro atoms. The summed E-state index contributed by atoms with van der Waals surface area (Å²) >= 11 is 2.26. The van der Waals surface area contributed by atoms with Crippen molar-refractivity contribution in [1.82, 2.24) is 0 Å². The van der Waals surface area contributed by atoms with Crippen molar-refractivity contribution in [1.29, 1.82) is 0 Å². The van der Waals surface area contributed by atoms with Crippen LogP contribution in [0.2, 0.25) is 0 Å². The van der Waals surface area contributed by atoms with Crippen LogP contribution in [0.15, 0.2) is 0 Å². The van der Waals surface area contributed by atoms with Crippen LogP contribution in [0.25, 0.3) is 0 Å². The van der Waals surface area contributed by atoms with Crippen LogP contribution in [-0.2, 0) is 5.11 Å². The van der Waals surface area contributed by atoms with Crippen LogP contribution in [0.3, 0.4) is 0 Å². The number of rotatable bonds is 3. The predicted molar refractivity (Wildman–Crippen MR) is 47.4 cm³/mol. The molecule has 2 heteroatoms. The lowest BCUT2D eigenvalue weighted by molar-refractivity contribution is 0.0152. The van der Waals surface area contributed by atoms with Gasteiger partial charge in [-0.2, -0.15) is 0 Å². The zero-order chi connectivity index (χ0) is 7.44. The molecule has 0 N–H and O–H groups in total. The average molecular weight is 241 g/mol. The SMILES string of the molecule is CC(C)C([O])C(C)CI. The number of halogens is 1. The normalized spacial score (nSPS) is 18.0. The summed E-state index contributed by atoms with van der Waals surface area (Å²) in [5, 5.41) is 11.2. The Balaban J connectivity index is 3.58. The van der Waals surface area contributed by atoms with Crippen molar-refractivity contribution in [3.63, 3.8) is 0 Å². The van der Waals surface area contributed by atoms with Crippen LogP contribution in [0, 0.1) is 11.8 Å². The summed E-state index contributed by atoms with van der Waals surface area (Å²) in [6, 6.07) is 0. The molecule has 0 heterocycles. The summed E-state index contributed by atoms with van der Waals surface area (Å²) in [5.41, 5.74) is 0. The molecule has 0 amide bonds. The third kappa shape index (κ3) is 3.40. The maximum absolute atomic E-state index is 11.2. The van der Waals surface area contributed by atoms with E-state index in [2.05, 4.69) is 22.6 Å². The Bertz CT molecular complexity index is 73.3. The van der Waals surface area contributed by atoms with Gasteiger partial charge in [0.2, 0.25) is 0 Å². The van der Waals surface area contributed by atoms with Gasteiger partial charge in [0.05, 0.1) is 6.10 Å². The van der Waals surface area contributed by atoms with Gasteiger partial charge in [-0.15, -0.1) is 0 Å². The highest BCUT2D eigenvalue weighted by atomic mass is 127. The first-order valence-corrected chi connectivity index (χ1v) is 4.84. The van der Waals surface area contributed by atoms with E-state index in [-0.39, 0.29) is 12.0 Å². The zero-order valence-electron chi connectivity index (χ0n) is 6.23. The van der Waals surface area contributed by atoms with E-state index in [0.717, 1.165) is 4.43 Å². The lowest BCUT2D eigenvalue weighted by atomic mass is 9.97. The van der Waals surface area contributed by atoms with Crippen molar-refractivity contribution in [3.8, 4) is 0 Å². The van der Waals surface area contributed by atoms with E-state index in [4.69, 9.17) is 0 Å². The van der Waals surface area contributed by atoms with Crippen LogP contribution < -0.4 is 0 Å². The fourth-order valence-electron chi connectivity index (χ4n) is 0.745. The Labute approximate surface area is 71.0 Å². The molecular weight excluding hydrogens is 227 g/mol. The van der Waals surface area contributed by atoms with E-state index >= 15 is 0 Å². The molecule has 0 aliphatic heterocycles. The van der Waals surface area contributed by atoms with Gasteiger partial charge in [0.25, 0.3) is 0 Å². The van der Waals surface area contributed by atoms with E-state index in [0.29, 0.717) is 5.92 Å². The molecule has 0 rings (SSSR count). The monoisotopic (exact) mass is 241 g/mol. The Hall–Kier alpha value is 0.690. The second-order valence-electron chi connectivity index (χ2n) is 2.84. The summed E-state index contributed by atoms with van der Waals surface area (Å²) in [6.07, 6.45) is -0.373. The molecule has 2 unspecified atom stereocenters. The largest absolute Gasteiger partial charge is 0.233 e. The summed E-state index contributed by atoms with van der Waals surface area (Å²) in [6.45, 7) is 5.99. The standard InChI is InChI=1S/C7H14IO/c1-5(2)7(9)6(3)4-8/h5-7H,4H2,1-3H3. The molecular formula is C7H14IO. The summed E-state index contributed by atoms with van der Waals surface area (Å²) < 4.78 is 0.976. The molecule has 2 atom stereocenters. The van der Waals surface area contributed by atoms with Gasteiger partial charge >= 0.3 is 0 Å². The van der Waals surface area contributed by atoms with Crippen molar-refractivity contribution in [2.75, 3.05) is 4.43 Å². The van der Waals surface area contributed by atoms with E-state index in [1.54, 1.807) is 0 Å². The van der Waals surface area contributed by atoms with Crippen LogP contribution in [0.4, 0.5) is 0 Å². The van der Waals surface area contributed by atoms with E-state index in [1.807, 2.05) is 20.8 Å². The highest BCUT2D eigenvalue weighted by Crippen LogP contribution is 2.14. The Morgan fingerprint density at radius 2 is 1.78 bits per heavy atom. The third-order valence-electron chi connectivity index (χ3n) is 1.46. The highest BCUT2D eigenvalue weighted by molar-refractivity contribution is 14.1. The van der Waals surface area contributed by atoms with Crippen molar-refractivity contribution >= 4 is 22.6 Å². The topological polar surface area (TPSA) is 19.9 Å². The van der Waals surface area contributed by atoms with Gasteiger partial charge in [0.1, 0.15) is 0 Å². The first-order valence-electron chi connectivity index (χ1n) is 3.31. The maximum Gasteiger partial charge on any atom is 0.0985 e. The Morgan fingerprint density at radius 1 is 1.33 bits per heavy atom. The van der Waals surface area contributed by atoms with Crippen molar-refractivity contribution in [3.05, 3.63) is 0 Å².